The number of benzene rings is 1. The SMILES string of the molecule is CCCC(C)(C)CC1CCC(c2cc(OC)c3c(c2)OCO3)C1C. The molecule has 0 amide bonds. The average molecular weight is 332 g/mol. The third kappa shape index (κ3) is 3.36. The van der Waals surface area contributed by atoms with E-state index in [1.807, 2.05) is 0 Å². The van der Waals surface area contributed by atoms with Crippen molar-refractivity contribution >= 4 is 0 Å². The van der Waals surface area contributed by atoms with Crippen LogP contribution in [0.5, 0.6) is 17.2 Å². The average Bonchev–Trinajstić information content (AvgIpc) is 3.13. The number of hydrogen-bond acceptors (Lipinski definition) is 3. The smallest absolute Gasteiger partial charge is 0.231 e. The van der Waals surface area contributed by atoms with Gasteiger partial charge in [-0.25, -0.2) is 0 Å². The van der Waals surface area contributed by atoms with E-state index < -0.39 is 0 Å². The molecular weight excluding hydrogens is 300 g/mol. The van der Waals surface area contributed by atoms with Crippen LogP contribution in [0.1, 0.15) is 71.3 Å². The summed E-state index contributed by atoms with van der Waals surface area (Å²) in [6, 6.07) is 4.33. The Kier molecular flexibility index (Phi) is 4.98. The molecule has 0 radical (unpaired) electrons. The fourth-order valence-electron chi connectivity index (χ4n) is 4.86. The Balaban J connectivity index is 1.77. The zero-order valence-electron chi connectivity index (χ0n) is 15.9. The van der Waals surface area contributed by atoms with Gasteiger partial charge >= 0.3 is 0 Å². The Morgan fingerprint density at radius 3 is 2.71 bits per heavy atom. The van der Waals surface area contributed by atoms with Crippen LogP contribution < -0.4 is 14.2 Å². The van der Waals surface area contributed by atoms with E-state index in [2.05, 4.69) is 39.8 Å². The normalized spacial score (nSPS) is 26.0. The van der Waals surface area contributed by atoms with E-state index in [0.29, 0.717) is 24.0 Å². The number of rotatable bonds is 6. The standard InChI is InChI=1S/C21H32O3/c1-6-9-21(3,4)12-15-7-8-17(14(15)2)16-10-18(22-5)20-19(11-16)23-13-24-20/h10-11,14-15,17H,6-9,12-13H2,1-5H3. The number of hydrogen-bond donors (Lipinski definition) is 0. The molecule has 0 spiro atoms. The molecule has 3 unspecified atom stereocenters. The van der Waals surface area contributed by atoms with Crippen molar-refractivity contribution in [3.63, 3.8) is 0 Å². The molecule has 1 saturated carbocycles. The van der Waals surface area contributed by atoms with Crippen LogP contribution in [-0.4, -0.2) is 13.9 Å². The molecule has 1 aromatic carbocycles. The van der Waals surface area contributed by atoms with Crippen LogP contribution in [0.25, 0.3) is 0 Å². The van der Waals surface area contributed by atoms with Crippen LogP contribution in [0, 0.1) is 17.3 Å². The summed E-state index contributed by atoms with van der Waals surface area (Å²) in [7, 11) is 1.70. The van der Waals surface area contributed by atoms with Crippen molar-refractivity contribution in [2.45, 2.75) is 65.7 Å². The van der Waals surface area contributed by atoms with Gasteiger partial charge in [0.2, 0.25) is 12.5 Å². The van der Waals surface area contributed by atoms with Crippen molar-refractivity contribution in [2.24, 2.45) is 17.3 Å². The minimum absolute atomic E-state index is 0.295. The van der Waals surface area contributed by atoms with Crippen LogP contribution in [0.3, 0.4) is 0 Å². The molecule has 1 heterocycles. The molecule has 0 aromatic heterocycles. The number of fused-ring (bicyclic) bond motifs is 1. The fraction of sp³-hybridized carbons (Fsp3) is 0.714. The van der Waals surface area contributed by atoms with Crippen LogP contribution in [-0.2, 0) is 0 Å². The van der Waals surface area contributed by atoms with Gasteiger partial charge in [0.15, 0.2) is 11.5 Å². The first-order valence-electron chi connectivity index (χ1n) is 9.42. The van der Waals surface area contributed by atoms with Crippen LogP contribution in [0.15, 0.2) is 12.1 Å². The summed E-state index contributed by atoms with van der Waals surface area (Å²) in [4.78, 5) is 0. The molecule has 3 rings (SSSR count). The van der Waals surface area contributed by atoms with E-state index in [-0.39, 0.29) is 0 Å². The molecule has 3 atom stereocenters. The van der Waals surface area contributed by atoms with E-state index in [0.717, 1.165) is 23.2 Å². The lowest BCUT2D eigenvalue weighted by Gasteiger charge is -2.31. The van der Waals surface area contributed by atoms with Gasteiger partial charge in [-0.15, -0.1) is 0 Å². The van der Waals surface area contributed by atoms with Crippen molar-refractivity contribution in [3.8, 4) is 17.2 Å². The number of methoxy groups -OCH3 is 1. The maximum atomic E-state index is 5.61. The Hall–Kier alpha value is -1.38. The van der Waals surface area contributed by atoms with E-state index in [9.17, 15) is 0 Å². The molecule has 3 heteroatoms. The van der Waals surface area contributed by atoms with Gasteiger partial charge in [-0.2, -0.15) is 0 Å². The minimum atomic E-state index is 0.295. The van der Waals surface area contributed by atoms with Gasteiger partial charge in [0.25, 0.3) is 0 Å². The Labute approximate surface area is 146 Å². The minimum Gasteiger partial charge on any atom is -0.493 e. The van der Waals surface area contributed by atoms with Crippen molar-refractivity contribution < 1.29 is 14.2 Å². The van der Waals surface area contributed by atoms with Crippen molar-refractivity contribution in [1.29, 1.82) is 0 Å². The van der Waals surface area contributed by atoms with E-state index in [4.69, 9.17) is 14.2 Å². The van der Waals surface area contributed by atoms with Gasteiger partial charge in [-0.05, 0) is 66.5 Å². The predicted molar refractivity (Wildman–Crippen MR) is 97.1 cm³/mol. The molecule has 1 aromatic rings. The monoisotopic (exact) mass is 332 g/mol. The zero-order chi connectivity index (χ0) is 17.3. The largest absolute Gasteiger partial charge is 0.493 e. The summed E-state index contributed by atoms with van der Waals surface area (Å²) in [6.07, 6.45) is 6.52. The highest BCUT2D eigenvalue weighted by Gasteiger charge is 2.37. The molecule has 1 fully saturated rings. The first-order valence-corrected chi connectivity index (χ1v) is 9.42. The molecule has 0 N–H and O–H groups in total. The summed E-state index contributed by atoms with van der Waals surface area (Å²) < 4.78 is 16.7. The summed E-state index contributed by atoms with van der Waals surface area (Å²) in [6.45, 7) is 9.88. The lowest BCUT2D eigenvalue weighted by molar-refractivity contribution is 0.171. The summed E-state index contributed by atoms with van der Waals surface area (Å²) in [5.41, 5.74) is 1.80. The van der Waals surface area contributed by atoms with E-state index in [1.165, 1.54) is 37.7 Å². The van der Waals surface area contributed by atoms with Crippen LogP contribution in [0.4, 0.5) is 0 Å². The zero-order valence-corrected chi connectivity index (χ0v) is 15.9. The fourth-order valence-corrected chi connectivity index (χ4v) is 4.86. The lowest BCUT2D eigenvalue weighted by atomic mass is 9.75. The third-order valence-electron chi connectivity index (χ3n) is 6.08. The third-order valence-corrected chi connectivity index (χ3v) is 6.08. The molecule has 1 aliphatic heterocycles. The maximum absolute atomic E-state index is 5.61. The van der Waals surface area contributed by atoms with Crippen LogP contribution >= 0.6 is 0 Å². The van der Waals surface area contributed by atoms with Crippen molar-refractivity contribution in [2.75, 3.05) is 13.9 Å². The molecule has 0 bridgehead atoms. The molecule has 134 valence electrons. The summed E-state index contributed by atoms with van der Waals surface area (Å²) >= 11 is 0. The summed E-state index contributed by atoms with van der Waals surface area (Å²) in [5.74, 6) is 4.51. The molecular formula is C21H32O3. The second-order valence-electron chi connectivity index (χ2n) is 8.38. The first-order chi connectivity index (χ1) is 11.4. The molecule has 24 heavy (non-hydrogen) atoms. The molecule has 2 aliphatic rings. The highest BCUT2D eigenvalue weighted by Crippen LogP contribution is 2.51. The lowest BCUT2D eigenvalue weighted by Crippen LogP contribution is -2.20. The second-order valence-corrected chi connectivity index (χ2v) is 8.38. The predicted octanol–water partition coefficient (Wildman–Crippen LogP) is 5.77. The van der Waals surface area contributed by atoms with E-state index >= 15 is 0 Å². The molecule has 0 saturated heterocycles. The van der Waals surface area contributed by atoms with Gasteiger partial charge in [0.05, 0.1) is 7.11 Å². The van der Waals surface area contributed by atoms with Gasteiger partial charge in [-0.3, -0.25) is 0 Å². The van der Waals surface area contributed by atoms with E-state index in [1.54, 1.807) is 7.11 Å². The highest BCUT2D eigenvalue weighted by molar-refractivity contribution is 5.55. The first kappa shape index (κ1) is 17.4. The van der Waals surface area contributed by atoms with Crippen molar-refractivity contribution in [1.82, 2.24) is 0 Å². The van der Waals surface area contributed by atoms with Gasteiger partial charge in [0, 0.05) is 0 Å². The number of ether oxygens (including phenoxy) is 3. The van der Waals surface area contributed by atoms with Crippen molar-refractivity contribution in [3.05, 3.63) is 17.7 Å². The molecule has 1 aliphatic carbocycles. The highest BCUT2D eigenvalue weighted by atomic mass is 16.7. The molecule has 3 nitrogen and oxygen atoms in total. The Bertz CT molecular complexity index is 579. The van der Waals surface area contributed by atoms with Gasteiger partial charge < -0.3 is 14.2 Å². The van der Waals surface area contributed by atoms with Gasteiger partial charge in [0.1, 0.15) is 0 Å². The second kappa shape index (κ2) is 6.85. The maximum Gasteiger partial charge on any atom is 0.231 e. The summed E-state index contributed by atoms with van der Waals surface area (Å²) in [5, 5.41) is 0. The quantitative estimate of drug-likeness (QED) is 0.662. The topological polar surface area (TPSA) is 27.7 Å². The Morgan fingerprint density at radius 2 is 2.00 bits per heavy atom. The van der Waals surface area contributed by atoms with Gasteiger partial charge in [-0.1, -0.05) is 34.1 Å². The van der Waals surface area contributed by atoms with Crippen LogP contribution in [0.2, 0.25) is 0 Å². The Morgan fingerprint density at radius 1 is 1.21 bits per heavy atom.